The minimum Gasteiger partial charge on any atom is -0.305 e. The molecule has 0 radical (unpaired) electrons. The number of hydrogen-bond acceptors (Lipinski definition) is 3. The van der Waals surface area contributed by atoms with Crippen LogP contribution in [0.1, 0.15) is 44.1 Å². The average molecular weight is 276 g/mol. The summed E-state index contributed by atoms with van der Waals surface area (Å²) in [6, 6.07) is -0.263. The van der Waals surface area contributed by atoms with Gasteiger partial charge in [-0.2, -0.15) is 5.10 Å². The number of rotatable bonds is 2. The maximum Gasteiger partial charge on any atom is 0.325 e. The van der Waals surface area contributed by atoms with Crippen molar-refractivity contribution in [3.63, 3.8) is 0 Å². The highest BCUT2D eigenvalue weighted by Gasteiger charge is 2.52. The van der Waals surface area contributed by atoms with Crippen LogP contribution >= 0.6 is 0 Å². The number of amides is 3. The first-order valence-corrected chi connectivity index (χ1v) is 7.22. The van der Waals surface area contributed by atoms with E-state index in [0.717, 1.165) is 44.1 Å². The van der Waals surface area contributed by atoms with Crippen molar-refractivity contribution in [3.8, 4) is 0 Å². The zero-order chi connectivity index (χ0) is 14.2. The fourth-order valence-electron chi connectivity index (χ4n) is 3.37. The second-order valence-corrected chi connectivity index (χ2v) is 5.81. The predicted molar refractivity (Wildman–Crippen MR) is 72.7 cm³/mol. The van der Waals surface area contributed by atoms with Crippen molar-refractivity contribution >= 4 is 11.9 Å². The lowest BCUT2D eigenvalue weighted by Gasteiger charge is -2.34. The van der Waals surface area contributed by atoms with Crippen LogP contribution in [0.5, 0.6) is 0 Å². The SMILES string of the molecule is Cn1cc(CN2C(=O)NC(=O)C23CCCCCC3)cn1. The van der Waals surface area contributed by atoms with Crippen molar-refractivity contribution in [1.29, 1.82) is 0 Å². The van der Waals surface area contributed by atoms with Crippen molar-refractivity contribution < 1.29 is 9.59 Å². The van der Waals surface area contributed by atoms with Gasteiger partial charge in [0.15, 0.2) is 0 Å². The van der Waals surface area contributed by atoms with E-state index in [4.69, 9.17) is 0 Å². The standard InChI is InChI=1S/C14H20N4O2/c1-17-9-11(8-15-17)10-18-13(20)16-12(19)14(18)6-4-2-3-5-7-14/h8-9H,2-7,10H2,1H3,(H,16,19,20). The molecule has 1 saturated heterocycles. The van der Waals surface area contributed by atoms with Crippen molar-refractivity contribution in [2.75, 3.05) is 0 Å². The molecule has 6 nitrogen and oxygen atoms in total. The van der Waals surface area contributed by atoms with Gasteiger partial charge in [-0.3, -0.25) is 14.8 Å². The molecule has 1 spiro atoms. The monoisotopic (exact) mass is 276 g/mol. The van der Waals surface area contributed by atoms with Crippen molar-refractivity contribution in [2.45, 2.75) is 50.6 Å². The van der Waals surface area contributed by atoms with Gasteiger partial charge in [0, 0.05) is 18.8 Å². The summed E-state index contributed by atoms with van der Waals surface area (Å²) in [6.07, 6.45) is 9.47. The number of imide groups is 1. The minimum atomic E-state index is -0.635. The topological polar surface area (TPSA) is 67.2 Å². The number of carbonyl (C=O) groups excluding carboxylic acids is 2. The molecule has 108 valence electrons. The first-order valence-electron chi connectivity index (χ1n) is 7.22. The quantitative estimate of drug-likeness (QED) is 0.834. The maximum atomic E-state index is 12.3. The second kappa shape index (κ2) is 4.92. The minimum absolute atomic E-state index is 0.117. The maximum absolute atomic E-state index is 12.3. The molecule has 0 aromatic carbocycles. The van der Waals surface area contributed by atoms with Crippen molar-refractivity contribution in [3.05, 3.63) is 18.0 Å². The normalized spacial score (nSPS) is 22.1. The van der Waals surface area contributed by atoms with E-state index in [2.05, 4.69) is 10.4 Å². The zero-order valence-electron chi connectivity index (χ0n) is 11.8. The highest BCUT2D eigenvalue weighted by atomic mass is 16.2. The van der Waals surface area contributed by atoms with Crippen molar-refractivity contribution in [1.82, 2.24) is 20.0 Å². The lowest BCUT2D eigenvalue weighted by Crippen LogP contribution is -2.48. The van der Waals surface area contributed by atoms with E-state index in [1.54, 1.807) is 15.8 Å². The molecule has 1 aromatic heterocycles. The van der Waals surface area contributed by atoms with Crippen LogP contribution in [0.2, 0.25) is 0 Å². The number of aromatic nitrogens is 2. The summed E-state index contributed by atoms with van der Waals surface area (Å²) in [4.78, 5) is 26.2. The molecule has 2 heterocycles. The van der Waals surface area contributed by atoms with Gasteiger partial charge < -0.3 is 4.90 Å². The van der Waals surface area contributed by atoms with Gasteiger partial charge in [-0.25, -0.2) is 4.79 Å². The van der Waals surface area contributed by atoms with Crippen LogP contribution in [-0.2, 0) is 18.4 Å². The largest absolute Gasteiger partial charge is 0.325 e. The molecular weight excluding hydrogens is 256 g/mol. The van der Waals surface area contributed by atoms with Crippen LogP contribution in [-0.4, -0.2) is 32.2 Å². The second-order valence-electron chi connectivity index (χ2n) is 5.81. The van der Waals surface area contributed by atoms with Gasteiger partial charge in [0.25, 0.3) is 5.91 Å². The van der Waals surface area contributed by atoms with E-state index in [0.29, 0.717) is 6.54 Å². The lowest BCUT2D eigenvalue weighted by atomic mass is 9.88. The molecule has 1 saturated carbocycles. The van der Waals surface area contributed by atoms with Crippen LogP contribution in [0.15, 0.2) is 12.4 Å². The molecule has 2 fully saturated rings. The summed E-state index contributed by atoms with van der Waals surface area (Å²) in [6.45, 7) is 0.450. The van der Waals surface area contributed by atoms with Gasteiger partial charge in [0.1, 0.15) is 5.54 Å². The first kappa shape index (κ1) is 13.1. The van der Waals surface area contributed by atoms with E-state index < -0.39 is 5.54 Å². The number of nitrogens with zero attached hydrogens (tertiary/aromatic N) is 3. The summed E-state index contributed by atoms with van der Waals surface area (Å²) in [5, 5.41) is 6.63. The summed E-state index contributed by atoms with van der Waals surface area (Å²) >= 11 is 0. The molecule has 20 heavy (non-hydrogen) atoms. The average Bonchev–Trinajstić information content (AvgIpc) is 2.80. The van der Waals surface area contributed by atoms with Gasteiger partial charge in [-0.05, 0) is 12.8 Å². The molecular formula is C14H20N4O2. The highest BCUT2D eigenvalue weighted by Crippen LogP contribution is 2.37. The van der Waals surface area contributed by atoms with Gasteiger partial charge in [0.05, 0.1) is 12.7 Å². The van der Waals surface area contributed by atoms with Gasteiger partial charge in [-0.15, -0.1) is 0 Å². The van der Waals surface area contributed by atoms with E-state index in [1.807, 2.05) is 13.2 Å². The summed E-state index contributed by atoms with van der Waals surface area (Å²) < 4.78 is 1.71. The van der Waals surface area contributed by atoms with Crippen LogP contribution < -0.4 is 5.32 Å². The number of urea groups is 1. The summed E-state index contributed by atoms with van der Waals surface area (Å²) in [7, 11) is 1.85. The van der Waals surface area contributed by atoms with E-state index in [1.165, 1.54) is 0 Å². The van der Waals surface area contributed by atoms with Crippen LogP contribution in [0.3, 0.4) is 0 Å². The number of nitrogens with one attached hydrogen (secondary N) is 1. The summed E-state index contributed by atoms with van der Waals surface area (Å²) in [5.41, 5.74) is 0.324. The molecule has 6 heteroatoms. The molecule has 1 aromatic rings. The van der Waals surface area contributed by atoms with Gasteiger partial charge in [0.2, 0.25) is 0 Å². The van der Waals surface area contributed by atoms with Crippen LogP contribution in [0.4, 0.5) is 4.79 Å². The molecule has 1 aliphatic carbocycles. The van der Waals surface area contributed by atoms with Crippen LogP contribution in [0.25, 0.3) is 0 Å². The summed E-state index contributed by atoms with van der Waals surface area (Å²) in [5.74, 6) is -0.117. The number of aryl methyl sites for hydroxylation is 1. The molecule has 0 atom stereocenters. The molecule has 1 aliphatic heterocycles. The number of carbonyl (C=O) groups is 2. The molecule has 0 bridgehead atoms. The Morgan fingerprint density at radius 1 is 1.25 bits per heavy atom. The molecule has 1 N–H and O–H groups in total. The fourth-order valence-corrected chi connectivity index (χ4v) is 3.37. The van der Waals surface area contributed by atoms with Crippen LogP contribution in [0, 0.1) is 0 Å². The number of hydrogen-bond donors (Lipinski definition) is 1. The fraction of sp³-hybridized carbons (Fsp3) is 0.643. The van der Waals surface area contributed by atoms with Gasteiger partial charge >= 0.3 is 6.03 Å². The molecule has 3 rings (SSSR count). The Labute approximate surface area is 118 Å². The third-order valence-corrected chi connectivity index (χ3v) is 4.43. The predicted octanol–water partition coefficient (Wildman–Crippen LogP) is 1.56. The van der Waals surface area contributed by atoms with E-state index in [9.17, 15) is 9.59 Å². The Kier molecular flexibility index (Phi) is 3.23. The first-order chi connectivity index (χ1) is 9.62. The Hall–Kier alpha value is -1.85. The molecule has 2 aliphatic rings. The third-order valence-electron chi connectivity index (χ3n) is 4.43. The highest BCUT2D eigenvalue weighted by molar-refractivity contribution is 6.07. The Balaban J connectivity index is 1.88. The third kappa shape index (κ3) is 2.09. The Bertz CT molecular complexity index is 529. The van der Waals surface area contributed by atoms with Crippen molar-refractivity contribution in [2.24, 2.45) is 7.05 Å². The Morgan fingerprint density at radius 2 is 1.95 bits per heavy atom. The van der Waals surface area contributed by atoms with Gasteiger partial charge in [-0.1, -0.05) is 25.7 Å². The molecule has 0 unspecified atom stereocenters. The van der Waals surface area contributed by atoms with E-state index in [-0.39, 0.29) is 11.9 Å². The lowest BCUT2D eigenvalue weighted by molar-refractivity contribution is -0.127. The Morgan fingerprint density at radius 3 is 2.55 bits per heavy atom. The molecule has 3 amide bonds. The van der Waals surface area contributed by atoms with E-state index >= 15 is 0 Å². The smallest absolute Gasteiger partial charge is 0.305 e. The zero-order valence-corrected chi connectivity index (χ0v) is 11.8.